The van der Waals surface area contributed by atoms with E-state index in [1.54, 1.807) is 6.33 Å². The van der Waals surface area contributed by atoms with Crippen molar-refractivity contribution in [3.8, 4) is 0 Å². The minimum Gasteiger partial charge on any atom is -0.319 e. The molecule has 0 fully saturated rings. The fourth-order valence-electron chi connectivity index (χ4n) is 2.07. The third-order valence-corrected chi connectivity index (χ3v) is 3.39. The number of nitrogens with one attached hydrogen (secondary N) is 1. The summed E-state index contributed by atoms with van der Waals surface area (Å²) in [5, 5.41) is 11.5. The molecule has 1 unspecified atom stereocenters. The molecule has 4 nitrogen and oxygen atoms in total. The van der Waals surface area contributed by atoms with Crippen molar-refractivity contribution in [3.05, 3.63) is 47.5 Å². The summed E-state index contributed by atoms with van der Waals surface area (Å²) in [5.41, 5.74) is 2.67. The maximum absolute atomic E-state index is 4.12. The molecule has 1 aromatic heterocycles. The van der Waals surface area contributed by atoms with Crippen molar-refractivity contribution in [1.82, 2.24) is 20.1 Å². The molecule has 2 aromatic rings. The quantitative estimate of drug-likeness (QED) is 0.896. The van der Waals surface area contributed by atoms with Gasteiger partial charge in [0.25, 0.3) is 0 Å². The molecule has 0 saturated heterocycles. The topological polar surface area (TPSA) is 42.7 Å². The number of aryl methyl sites for hydroxylation is 1. The molecule has 0 radical (unpaired) electrons. The van der Waals surface area contributed by atoms with Gasteiger partial charge in [-0.15, -0.1) is 10.2 Å². The van der Waals surface area contributed by atoms with Crippen LogP contribution in [0.15, 0.2) is 30.6 Å². The first-order valence-corrected chi connectivity index (χ1v) is 6.74. The summed E-state index contributed by atoms with van der Waals surface area (Å²) in [5.74, 6) is 1.54. The Labute approximate surface area is 114 Å². The Bertz CT molecular complexity index is 513. The Kier molecular flexibility index (Phi) is 4.32. The van der Waals surface area contributed by atoms with Crippen LogP contribution in [0.2, 0.25) is 0 Å². The lowest BCUT2D eigenvalue weighted by Crippen LogP contribution is -2.21. The van der Waals surface area contributed by atoms with Crippen LogP contribution in [0.1, 0.15) is 49.7 Å². The molecule has 19 heavy (non-hydrogen) atoms. The minimum absolute atomic E-state index is 0.192. The zero-order valence-electron chi connectivity index (χ0n) is 12.1. The Morgan fingerprint density at radius 2 is 1.84 bits per heavy atom. The molecule has 0 aliphatic heterocycles. The molecule has 4 heteroatoms. The van der Waals surface area contributed by atoms with Crippen molar-refractivity contribution in [1.29, 1.82) is 0 Å². The number of nitrogens with zero attached hydrogens (tertiary/aromatic N) is 3. The first-order chi connectivity index (χ1) is 9.08. The average Bonchev–Trinajstić information content (AvgIpc) is 2.83. The van der Waals surface area contributed by atoms with E-state index < -0.39 is 0 Å². The lowest BCUT2D eigenvalue weighted by Gasteiger charge is -2.13. The number of hydrogen-bond acceptors (Lipinski definition) is 3. The first kappa shape index (κ1) is 13.7. The van der Waals surface area contributed by atoms with Crippen LogP contribution in [0, 0.1) is 0 Å². The molecule has 1 atom stereocenters. The largest absolute Gasteiger partial charge is 0.319 e. The van der Waals surface area contributed by atoms with Crippen molar-refractivity contribution >= 4 is 0 Å². The van der Waals surface area contributed by atoms with Crippen molar-refractivity contribution in [2.24, 2.45) is 7.05 Å². The maximum Gasteiger partial charge on any atom is 0.149 e. The van der Waals surface area contributed by atoms with E-state index in [0.717, 1.165) is 12.4 Å². The lowest BCUT2D eigenvalue weighted by atomic mass is 10.0. The number of hydrogen-bond donors (Lipinski definition) is 1. The fourth-order valence-corrected chi connectivity index (χ4v) is 2.07. The van der Waals surface area contributed by atoms with E-state index in [4.69, 9.17) is 0 Å². The SMILES string of the molecule is CC(C)c1ccc(CNC(C)c2nncn2C)cc1. The second-order valence-corrected chi connectivity index (χ2v) is 5.30. The number of aromatic nitrogens is 3. The summed E-state index contributed by atoms with van der Waals surface area (Å²) in [6.07, 6.45) is 1.73. The third kappa shape index (κ3) is 3.41. The molecule has 1 heterocycles. The van der Waals surface area contributed by atoms with Gasteiger partial charge in [0.15, 0.2) is 0 Å². The van der Waals surface area contributed by atoms with Crippen LogP contribution >= 0.6 is 0 Å². The predicted octanol–water partition coefficient (Wildman–Crippen LogP) is 2.79. The van der Waals surface area contributed by atoms with Crippen LogP contribution in [0.4, 0.5) is 0 Å². The van der Waals surface area contributed by atoms with Gasteiger partial charge in [0, 0.05) is 13.6 Å². The molecule has 1 N–H and O–H groups in total. The van der Waals surface area contributed by atoms with Gasteiger partial charge in [-0.1, -0.05) is 38.1 Å². The third-order valence-electron chi connectivity index (χ3n) is 3.39. The summed E-state index contributed by atoms with van der Waals surface area (Å²) in [6.45, 7) is 7.37. The fraction of sp³-hybridized carbons (Fsp3) is 0.467. The van der Waals surface area contributed by atoms with Crippen LogP contribution < -0.4 is 5.32 Å². The van der Waals surface area contributed by atoms with E-state index in [-0.39, 0.29) is 6.04 Å². The summed E-state index contributed by atoms with van der Waals surface area (Å²) >= 11 is 0. The summed E-state index contributed by atoms with van der Waals surface area (Å²) in [6, 6.07) is 8.97. The van der Waals surface area contributed by atoms with Gasteiger partial charge in [-0.3, -0.25) is 0 Å². The highest BCUT2D eigenvalue weighted by Crippen LogP contribution is 2.15. The zero-order chi connectivity index (χ0) is 13.8. The molecule has 0 aliphatic carbocycles. The highest BCUT2D eigenvalue weighted by Gasteiger charge is 2.10. The van der Waals surface area contributed by atoms with Crippen LogP contribution in [-0.2, 0) is 13.6 Å². The standard InChI is InChI=1S/C15H22N4/c1-11(2)14-7-5-13(6-8-14)9-16-12(3)15-18-17-10-19(15)4/h5-8,10-12,16H,9H2,1-4H3. The van der Waals surface area contributed by atoms with E-state index in [0.29, 0.717) is 5.92 Å². The van der Waals surface area contributed by atoms with Crippen molar-refractivity contribution in [3.63, 3.8) is 0 Å². The van der Waals surface area contributed by atoms with Gasteiger partial charge in [-0.05, 0) is 24.0 Å². The predicted molar refractivity (Wildman–Crippen MR) is 76.8 cm³/mol. The van der Waals surface area contributed by atoms with E-state index in [9.17, 15) is 0 Å². The zero-order valence-corrected chi connectivity index (χ0v) is 12.1. The monoisotopic (exact) mass is 258 g/mol. The van der Waals surface area contributed by atoms with E-state index >= 15 is 0 Å². The van der Waals surface area contributed by atoms with Crippen LogP contribution in [-0.4, -0.2) is 14.8 Å². The smallest absolute Gasteiger partial charge is 0.149 e. The molecule has 0 aliphatic rings. The van der Waals surface area contributed by atoms with E-state index in [1.807, 2.05) is 11.6 Å². The Morgan fingerprint density at radius 1 is 1.16 bits per heavy atom. The second kappa shape index (κ2) is 5.97. The average molecular weight is 258 g/mol. The lowest BCUT2D eigenvalue weighted by molar-refractivity contribution is 0.528. The van der Waals surface area contributed by atoms with Crippen molar-refractivity contribution < 1.29 is 0 Å². The molecule has 0 bridgehead atoms. The molecule has 1 aromatic carbocycles. The molecular weight excluding hydrogens is 236 g/mol. The highest BCUT2D eigenvalue weighted by atomic mass is 15.3. The second-order valence-electron chi connectivity index (χ2n) is 5.30. The van der Waals surface area contributed by atoms with Crippen molar-refractivity contribution in [2.45, 2.75) is 39.3 Å². The Morgan fingerprint density at radius 3 is 2.37 bits per heavy atom. The first-order valence-electron chi connectivity index (χ1n) is 6.74. The number of benzene rings is 1. The number of rotatable bonds is 5. The van der Waals surface area contributed by atoms with Crippen molar-refractivity contribution in [2.75, 3.05) is 0 Å². The summed E-state index contributed by atoms with van der Waals surface area (Å²) in [7, 11) is 1.96. The van der Waals surface area contributed by atoms with Gasteiger partial charge in [0.2, 0.25) is 0 Å². The van der Waals surface area contributed by atoms with Gasteiger partial charge in [0.1, 0.15) is 12.2 Å². The molecule has 2 rings (SSSR count). The maximum atomic E-state index is 4.12. The molecule has 0 saturated carbocycles. The van der Waals surface area contributed by atoms with Gasteiger partial charge in [-0.25, -0.2) is 0 Å². The summed E-state index contributed by atoms with van der Waals surface area (Å²) in [4.78, 5) is 0. The van der Waals surface area contributed by atoms with Crippen LogP contribution in [0.3, 0.4) is 0 Å². The molecule has 102 valence electrons. The summed E-state index contributed by atoms with van der Waals surface area (Å²) < 4.78 is 1.94. The molecule has 0 spiro atoms. The molecular formula is C15H22N4. The van der Waals surface area contributed by atoms with Gasteiger partial charge in [0.05, 0.1) is 6.04 Å². The van der Waals surface area contributed by atoms with E-state index in [1.165, 1.54) is 11.1 Å². The van der Waals surface area contributed by atoms with Gasteiger partial charge in [-0.2, -0.15) is 0 Å². The highest BCUT2D eigenvalue weighted by molar-refractivity contribution is 5.24. The molecule has 0 amide bonds. The Balaban J connectivity index is 1.93. The van der Waals surface area contributed by atoms with Gasteiger partial charge < -0.3 is 9.88 Å². The van der Waals surface area contributed by atoms with Crippen LogP contribution in [0.25, 0.3) is 0 Å². The minimum atomic E-state index is 0.192. The Hall–Kier alpha value is -1.68. The van der Waals surface area contributed by atoms with E-state index in [2.05, 4.69) is 60.6 Å². The normalized spacial score (nSPS) is 12.9. The van der Waals surface area contributed by atoms with Gasteiger partial charge >= 0.3 is 0 Å². The van der Waals surface area contributed by atoms with Crippen LogP contribution in [0.5, 0.6) is 0 Å².